The van der Waals surface area contributed by atoms with E-state index >= 15 is 0 Å². The SMILES string of the molecule is Cc1cc2c(c(C(=O)NC[C@@H]3CCN(CCCOC(=O)N4CCCC4)C[C@H]3O)c1)OCCCO2. The number of hydrogen-bond acceptors (Lipinski definition) is 7. The molecule has 2 amide bonds. The van der Waals surface area contributed by atoms with Gasteiger partial charge in [-0.2, -0.15) is 0 Å². The lowest BCUT2D eigenvalue weighted by Crippen LogP contribution is -2.48. The molecular weight excluding hydrogens is 438 g/mol. The minimum atomic E-state index is -0.518. The largest absolute Gasteiger partial charge is 0.490 e. The maximum Gasteiger partial charge on any atom is 0.409 e. The van der Waals surface area contributed by atoms with Gasteiger partial charge in [0.1, 0.15) is 0 Å². The number of aliphatic hydroxyl groups is 1. The highest BCUT2D eigenvalue weighted by molar-refractivity contribution is 5.98. The number of fused-ring (bicyclic) bond motifs is 1. The number of rotatable bonds is 7. The summed E-state index contributed by atoms with van der Waals surface area (Å²) in [6.07, 6.45) is 3.69. The van der Waals surface area contributed by atoms with Crippen molar-refractivity contribution in [3.8, 4) is 11.5 Å². The fourth-order valence-electron chi connectivity index (χ4n) is 4.82. The smallest absolute Gasteiger partial charge is 0.409 e. The zero-order chi connectivity index (χ0) is 23.9. The van der Waals surface area contributed by atoms with Gasteiger partial charge in [-0.1, -0.05) is 0 Å². The van der Waals surface area contributed by atoms with Crippen molar-refractivity contribution >= 4 is 12.0 Å². The molecule has 2 N–H and O–H groups in total. The van der Waals surface area contributed by atoms with Gasteiger partial charge in [-0.3, -0.25) is 4.79 Å². The van der Waals surface area contributed by atoms with Crippen LogP contribution in [0.4, 0.5) is 4.79 Å². The van der Waals surface area contributed by atoms with Gasteiger partial charge in [0.05, 0.1) is 31.5 Å². The Kier molecular flexibility index (Phi) is 8.50. The molecule has 0 spiro atoms. The number of likely N-dealkylation sites (tertiary alicyclic amines) is 2. The zero-order valence-corrected chi connectivity index (χ0v) is 20.1. The Hall–Kier alpha value is -2.52. The van der Waals surface area contributed by atoms with E-state index < -0.39 is 6.10 Å². The average Bonchev–Trinajstić information content (AvgIpc) is 3.27. The summed E-state index contributed by atoms with van der Waals surface area (Å²) in [5.41, 5.74) is 1.42. The number of amides is 2. The number of aliphatic hydroxyl groups excluding tert-OH is 1. The Morgan fingerprint density at radius 2 is 1.94 bits per heavy atom. The van der Waals surface area contributed by atoms with Crippen LogP contribution in [-0.4, -0.2) is 92.1 Å². The number of hydrogen-bond donors (Lipinski definition) is 2. The number of piperidine rings is 1. The minimum absolute atomic E-state index is 0.00576. The van der Waals surface area contributed by atoms with Crippen molar-refractivity contribution in [2.24, 2.45) is 5.92 Å². The van der Waals surface area contributed by atoms with E-state index in [1.165, 1.54) is 0 Å². The molecule has 0 aromatic heterocycles. The number of carbonyl (C=O) groups is 2. The first-order chi connectivity index (χ1) is 16.5. The molecule has 3 heterocycles. The van der Waals surface area contributed by atoms with Gasteiger partial charge in [0.25, 0.3) is 5.91 Å². The molecule has 9 heteroatoms. The summed E-state index contributed by atoms with van der Waals surface area (Å²) in [6.45, 7) is 7.58. The van der Waals surface area contributed by atoms with E-state index in [0.29, 0.717) is 50.0 Å². The van der Waals surface area contributed by atoms with Crippen LogP contribution in [0.2, 0.25) is 0 Å². The summed E-state index contributed by atoms with van der Waals surface area (Å²) < 4.78 is 16.9. The van der Waals surface area contributed by atoms with Crippen molar-refractivity contribution in [2.45, 2.75) is 45.1 Å². The molecule has 188 valence electrons. The van der Waals surface area contributed by atoms with E-state index in [1.807, 2.05) is 19.1 Å². The maximum absolute atomic E-state index is 12.9. The Bertz CT molecular complexity index is 857. The Balaban J connectivity index is 1.19. The molecule has 3 aliphatic rings. The van der Waals surface area contributed by atoms with Gasteiger partial charge in [-0.15, -0.1) is 0 Å². The number of ether oxygens (including phenoxy) is 3. The van der Waals surface area contributed by atoms with Gasteiger partial charge in [-0.25, -0.2) is 4.79 Å². The first-order valence-electron chi connectivity index (χ1n) is 12.5. The number of benzene rings is 1. The van der Waals surface area contributed by atoms with Crippen LogP contribution in [0.3, 0.4) is 0 Å². The number of β-amino-alcohol motifs (C(OH)–C–C–N with tert-alkyl or cyclic N) is 1. The molecule has 1 aromatic carbocycles. The number of aryl methyl sites for hydroxylation is 1. The summed E-state index contributed by atoms with van der Waals surface area (Å²) in [7, 11) is 0. The molecule has 4 rings (SSSR count). The second kappa shape index (κ2) is 11.8. The molecule has 1 aromatic rings. The van der Waals surface area contributed by atoms with E-state index in [1.54, 1.807) is 4.90 Å². The summed E-state index contributed by atoms with van der Waals surface area (Å²) in [6, 6.07) is 3.71. The predicted molar refractivity (Wildman–Crippen MR) is 126 cm³/mol. The van der Waals surface area contributed by atoms with Crippen LogP contribution in [0.5, 0.6) is 11.5 Å². The molecule has 0 radical (unpaired) electrons. The van der Waals surface area contributed by atoms with Crippen LogP contribution < -0.4 is 14.8 Å². The predicted octanol–water partition coefficient (Wildman–Crippen LogP) is 2.19. The minimum Gasteiger partial charge on any atom is -0.490 e. The van der Waals surface area contributed by atoms with E-state index in [4.69, 9.17) is 14.2 Å². The number of nitrogens with zero attached hydrogens (tertiary/aromatic N) is 2. The fraction of sp³-hybridized carbons (Fsp3) is 0.680. The third-order valence-corrected chi connectivity index (χ3v) is 6.78. The number of nitrogens with one attached hydrogen (secondary N) is 1. The zero-order valence-electron chi connectivity index (χ0n) is 20.1. The highest BCUT2D eigenvalue weighted by Gasteiger charge is 2.29. The highest BCUT2D eigenvalue weighted by atomic mass is 16.6. The molecule has 2 saturated heterocycles. The monoisotopic (exact) mass is 475 g/mol. The summed E-state index contributed by atoms with van der Waals surface area (Å²) in [5, 5.41) is 13.6. The lowest BCUT2D eigenvalue weighted by atomic mass is 9.93. The lowest BCUT2D eigenvalue weighted by Gasteiger charge is -2.36. The standard InChI is InChI=1S/C25H37N3O6/c1-18-14-20(23-22(15-18)32-12-5-13-33-23)24(30)26-16-19-6-10-27(17-21(19)29)7-4-11-34-25(31)28-8-2-3-9-28/h14-15,19,21,29H,2-13,16-17H2,1H3,(H,26,30)/t19-,21+/m0/s1. The van der Waals surface area contributed by atoms with Gasteiger partial charge in [0, 0.05) is 45.1 Å². The van der Waals surface area contributed by atoms with Crippen LogP contribution >= 0.6 is 0 Å². The van der Waals surface area contributed by atoms with Crippen LogP contribution in [0, 0.1) is 12.8 Å². The third kappa shape index (κ3) is 6.33. The second-order valence-corrected chi connectivity index (χ2v) is 9.48. The Morgan fingerprint density at radius 1 is 1.15 bits per heavy atom. The van der Waals surface area contributed by atoms with Crippen molar-refractivity contribution in [1.82, 2.24) is 15.1 Å². The summed E-state index contributed by atoms with van der Waals surface area (Å²) in [5.74, 6) is 0.900. The maximum atomic E-state index is 12.9. The topological polar surface area (TPSA) is 101 Å². The van der Waals surface area contributed by atoms with Gasteiger partial charge in [0.15, 0.2) is 11.5 Å². The van der Waals surface area contributed by atoms with Crippen molar-refractivity contribution < 1.29 is 28.9 Å². The molecule has 3 aliphatic heterocycles. The van der Waals surface area contributed by atoms with Crippen LogP contribution in [0.25, 0.3) is 0 Å². The number of carbonyl (C=O) groups excluding carboxylic acids is 2. The highest BCUT2D eigenvalue weighted by Crippen LogP contribution is 2.34. The molecule has 0 bridgehead atoms. The van der Waals surface area contributed by atoms with E-state index in [9.17, 15) is 14.7 Å². The van der Waals surface area contributed by atoms with Crippen molar-refractivity contribution in [2.75, 3.05) is 59.1 Å². The van der Waals surface area contributed by atoms with Crippen LogP contribution in [-0.2, 0) is 4.74 Å². The van der Waals surface area contributed by atoms with E-state index in [2.05, 4.69) is 10.2 Å². The normalized spacial score (nSPS) is 22.8. The fourth-order valence-corrected chi connectivity index (χ4v) is 4.82. The molecule has 9 nitrogen and oxygen atoms in total. The van der Waals surface area contributed by atoms with E-state index in [0.717, 1.165) is 63.8 Å². The second-order valence-electron chi connectivity index (χ2n) is 9.48. The van der Waals surface area contributed by atoms with Gasteiger partial charge < -0.3 is 34.4 Å². The lowest BCUT2D eigenvalue weighted by molar-refractivity contribution is 0.0190. The average molecular weight is 476 g/mol. The molecule has 0 aliphatic carbocycles. The van der Waals surface area contributed by atoms with Gasteiger partial charge in [-0.05, 0) is 56.8 Å². The van der Waals surface area contributed by atoms with Crippen molar-refractivity contribution in [3.05, 3.63) is 23.3 Å². The molecule has 2 atom stereocenters. The first kappa shape index (κ1) is 24.6. The van der Waals surface area contributed by atoms with Crippen LogP contribution in [0.1, 0.15) is 48.0 Å². The summed E-state index contributed by atoms with van der Waals surface area (Å²) in [4.78, 5) is 28.8. The molecular formula is C25H37N3O6. The quantitative estimate of drug-likeness (QED) is 0.583. The first-order valence-corrected chi connectivity index (χ1v) is 12.5. The molecule has 0 unspecified atom stereocenters. The third-order valence-electron chi connectivity index (χ3n) is 6.78. The van der Waals surface area contributed by atoms with Gasteiger partial charge in [0.2, 0.25) is 0 Å². The van der Waals surface area contributed by atoms with Crippen molar-refractivity contribution in [1.29, 1.82) is 0 Å². The van der Waals surface area contributed by atoms with Crippen molar-refractivity contribution in [3.63, 3.8) is 0 Å². The molecule has 34 heavy (non-hydrogen) atoms. The van der Waals surface area contributed by atoms with E-state index in [-0.39, 0.29) is 17.9 Å². The molecule has 2 fully saturated rings. The Morgan fingerprint density at radius 3 is 2.74 bits per heavy atom. The summed E-state index contributed by atoms with van der Waals surface area (Å²) >= 11 is 0. The Labute approximate surface area is 201 Å². The van der Waals surface area contributed by atoms with Crippen LogP contribution in [0.15, 0.2) is 12.1 Å². The molecule has 0 saturated carbocycles. The van der Waals surface area contributed by atoms with Gasteiger partial charge >= 0.3 is 6.09 Å².